The van der Waals surface area contributed by atoms with E-state index in [0.717, 1.165) is 46.5 Å². The van der Waals surface area contributed by atoms with Gasteiger partial charge in [-0.3, -0.25) is 4.79 Å². The molecule has 4 rings (SSSR count). The summed E-state index contributed by atoms with van der Waals surface area (Å²) >= 11 is 0. The standard InChI is InChI=1S/C24H29N3O3/c1-4-16-7-5-8-17-20(14-26-23(16)17)19(13-22(28)25-11-12-27(2)3)18-9-6-10-21-24(18)30-15-29-21/h5-10,14,19,26H,4,11-13,15H2,1-3H3,(H,25,28)/t19-/m1/s1. The molecule has 0 bridgehead atoms. The van der Waals surface area contributed by atoms with Gasteiger partial charge < -0.3 is 24.7 Å². The van der Waals surface area contributed by atoms with E-state index in [2.05, 4.69) is 40.3 Å². The largest absolute Gasteiger partial charge is 0.454 e. The van der Waals surface area contributed by atoms with Gasteiger partial charge in [0.25, 0.3) is 0 Å². The number of ether oxygens (including phenoxy) is 2. The van der Waals surface area contributed by atoms with Crippen LogP contribution in [0.3, 0.4) is 0 Å². The number of benzene rings is 2. The molecule has 1 aromatic heterocycles. The molecule has 6 nitrogen and oxygen atoms in total. The van der Waals surface area contributed by atoms with E-state index >= 15 is 0 Å². The lowest BCUT2D eigenvalue weighted by atomic mass is 9.86. The second-order valence-electron chi connectivity index (χ2n) is 7.93. The molecule has 1 amide bonds. The van der Waals surface area contributed by atoms with Crippen LogP contribution in [0, 0.1) is 0 Å². The maximum atomic E-state index is 12.9. The Morgan fingerprint density at radius 1 is 1.17 bits per heavy atom. The van der Waals surface area contributed by atoms with Crippen LogP contribution in [0.15, 0.2) is 42.6 Å². The Labute approximate surface area is 177 Å². The van der Waals surface area contributed by atoms with Crippen LogP contribution in [-0.4, -0.2) is 49.8 Å². The predicted molar refractivity (Wildman–Crippen MR) is 118 cm³/mol. The van der Waals surface area contributed by atoms with E-state index in [9.17, 15) is 4.79 Å². The van der Waals surface area contributed by atoms with Crippen molar-refractivity contribution in [3.8, 4) is 11.5 Å². The zero-order valence-electron chi connectivity index (χ0n) is 17.8. The molecule has 1 aliphatic heterocycles. The summed E-state index contributed by atoms with van der Waals surface area (Å²) in [5.41, 5.74) is 4.49. The predicted octanol–water partition coefficient (Wildman–Crippen LogP) is 3.66. The highest BCUT2D eigenvalue weighted by atomic mass is 16.7. The number of carbonyl (C=O) groups excluding carboxylic acids is 1. The van der Waals surface area contributed by atoms with Crippen molar-refractivity contribution in [2.24, 2.45) is 0 Å². The normalized spacial score (nSPS) is 13.7. The van der Waals surface area contributed by atoms with Crippen molar-refractivity contribution < 1.29 is 14.3 Å². The van der Waals surface area contributed by atoms with Crippen LogP contribution in [-0.2, 0) is 11.2 Å². The van der Waals surface area contributed by atoms with Gasteiger partial charge in [0.2, 0.25) is 12.7 Å². The average molecular weight is 408 g/mol. The SMILES string of the molecule is CCc1cccc2c([C@H](CC(=O)NCCN(C)C)c3cccc4c3OCO4)c[nH]c12. The summed E-state index contributed by atoms with van der Waals surface area (Å²) in [7, 11) is 3.99. The summed E-state index contributed by atoms with van der Waals surface area (Å²) < 4.78 is 11.4. The summed E-state index contributed by atoms with van der Waals surface area (Å²) in [6.07, 6.45) is 3.33. The van der Waals surface area contributed by atoms with Gasteiger partial charge in [-0.2, -0.15) is 0 Å². The Balaban J connectivity index is 1.72. The Kier molecular flexibility index (Phi) is 5.95. The first-order chi connectivity index (χ1) is 14.6. The Morgan fingerprint density at radius 3 is 2.80 bits per heavy atom. The molecule has 2 heterocycles. The number of carbonyl (C=O) groups is 1. The smallest absolute Gasteiger partial charge is 0.231 e. The highest BCUT2D eigenvalue weighted by Gasteiger charge is 2.28. The molecule has 0 radical (unpaired) electrons. The van der Waals surface area contributed by atoms with Crippen LogP contribution in [0.1, 0.15) is 36.0 Å². The van der Waals surface area contributed by atoms with Gasteiger partial charge in [-0.15, -0.1) is 0 Å². The number of nitrogens with one attached hydrogen (secondary N) is 2. The molecule has 30 heavy (non-hydrogen) atoms. The Hall–Kier alpha value is -2.99. The minimum atomic E-state index is -0.137. The van der Waals surface area contributed by atoms with Gasteiger partial charge in [-0.05, 0) is 37.7 Å². The zero-order chi connectivity index (χ0) is 21.1. The molecule has 6 heteroatoms. The van der Waals surface area contributed by atoms with E-state index in [1.54, 1.807) is 0 Å². The van der Waals surface area contributed by atoms with Crippen LogP contribution in [0.25, 0.3) is 10.9 Å². The minimum absolute atomic E-state index is 0.0272. The van der Waals surface area contributed by atoms with Crippen LogP contribution in [0.2, 0.25) is 0 Å². The van der Waals surface area contributed by atoms with Gasteiger partial charge in [0, 0.05) is 48.1 Å². The molecule has 1 atom stereocenters. The third kappa shape index (κ3) is 4.00. The molecule has 158 valence electrons. The summed E-state index contributed by atoms with van der Waals surface area (Å²) in [4.78, 5) is 18.4. The number of rotatable bonds is 8. The number of hydrogen-bond acceptors (Lipinski definition) is 4. The lowest BCUT2D eigenvalue weighted by Gasteiger charge is -2.19. The number of amides is 1. The molecule has 0 aliphatic carbocycles. The fourth-order valence-corrected chi connectivity index (χ4v) is 4.11. The van der Waals surface area contributed by atoms with Crippen LogP contribution in [0.5, 0.6) is 11.5 Å². The number of aryl methyl sites for hydroxylation is 1. The van der Waals surface area contributed by atoms with Crippen molar-refractivity contribution in [3.05, 3.63) is 59.3 Å². The number of aromatic amines is 1. The first kappa shape index (κ1) is 20.3. The minimum Gasteiger partial charge on any atom is -0.454 e. The lowest BCUT2D eigenvalue weighted by molar-refractivity contribution is -0.121. The molecule has 0 saturated heterocycles. The van der Waals surface area contributed by atoms with Crippen molar-refractivity contribution in [1.82, 2.24) is 15.2 Å². The molecule has 0 fully saturated rings. The second kappa shape index (κ2) is 8.79. The van der Waals surface area contributed by atoms with Crippen molar-refractivity contribution in [2.45, 2.75) is 25.7 Å². The molecule has 0 spiro atoms. The first-order valence-electron chi connectivity index (χ1n) is 10.5. The summed E-state index contributed by atoms with van der Waals surface area (Å²) in [6.45, 7) is 3.79. The van der Waals surface area contributed by atoms with Crippen molar-refractivity contribution >= 4 is 16.8 Å². The molecule has 2 aromatic carbocycles. The molecular formula is C24H29N3O3. The number of hydrogen-bond donors (Lipinski definition) is 2. The molecule has 3 aromatic rings. The van der Waals surface area contributed by atoms with Gasteiger partial charge in [0.05, 0.1) is 0 Å². The highest BCUT2D eigenvalue weighted by Crippen LogP contribution is 2.44. The second-order valence-corrected chi connectivity index (χ2v) is 7.93. The number of aromatic nitrogens is 1. The van der Waals surface area contributed by atoms with Crippen LogP contribution < -0.4 is 14.8 Å². The van der Waals surface area contributed by atoms with Gasteiger partial charge in [-0.25, -0.2) is 0 Å². The molecule has 0 unspecified atom stereocenters. The number of nitrogens with zero attached hydrogens (tertiary/aromatic N) is 1. The monoisotopic (exact) mass is 407 g/mol. The lowest BCUT2D eigenvalue weighted by Crippen LogP contribution is -2.32. The number of fused-ring (bicyclic) bond motifs is 2. The summed E-state index contributed by atoms with van der Waals surface area (Å²) in [6, 6.07) is 12.3. The van der Waals surface area contributed by atoms with Gasteiger partial charge in [0.15, 0.2) is 11.5 Å². The topological polar surface area (TPSA) is 66.6 Å². The highest BCUT2D eigenvalue weighted by molar-refractivity contribution is 5.88. The van der Waals surface area contributed by atoms with Gasteiger partial charge >= 0.3 is 0 Å². The summed E-state index contributed by atoms with van der Waals surface area (Å²) in [5.74, 6) is 1.37. The third-order valence-corrected chi connectivity index (χ3v) is 5.66. The molecule has 1 aliphatic rings. The van der Waals surface area contributed by atoms with E-state index in [1.807, 2.05) is 38.5 Å². The van der Waals surface area contributed by atoms with Crippen molar-refractivity contribution in [3.63, 3.8) is 0 Å². The number of likely N-dealkylation sites (N-methyl/N-ethyl adjacent to an activating group) is 1. The quantitative estimate of drug-likeness (QED) is 0.598. The fraction of sp³-hybridized carbons (Fsp3) is 0.375. The molecule has 2 N–H and O–H groups in total. The van der Waals surface area contributed by atoms with E-state index in [-0.39, 0.29) is 18.6 Å². The van der Waals surface area contributed by atoms with E-state index in [1.165, 1.54) is 5.56 Å². The number of para-hydroxylation sites is 2. The molecule has 0 saturated carbocycles. The summed E-state index contributed by atoms with van der Waals surface area (Å²) in [5, 5.41) is 4.20. The van der Waals surface area contributed by atoms with E-state index in [0.29, 0.717) is 13.0 Å². The van der Waals surface area contributed by atoms with Gasteiger partial charge in [0.1, 0.15) is 0 Å². The first-order valence-corrected chi connectivity index (χ1v) is 10.5. The molecular weight excluding hydrogens is 378 g/mol. The third-order valence-electron chi connectivity index (χ3n) is 5.66. The average Bonchev–Trinajstić information content (AvgIpc) is 3.38. The van der Waals surface area contributed by atoms with Crippen LogP contribution in [0.4, 0.5) is 0 Å². The maximum Gasteiger partial charge on any atom is 0.231 e. The van der Waals surface area contributed by atoms with Crippen LogP contribution >= 0.6 is 0 Å². The Morgan fingerprint density at radius 2 is 2.00 bits per heavy atom. The van der Waals surface area contributed by atoms with Crippen molar-refractivity contribution in [1.29, 1.82) is 0 Å². The van der Waals surface area contributed by atoms with E-state index in [4.69, 9.17) is 9.47 Å². The fourth-order valence-electron chi connectivity index (χ4n) is 4.11. The Bertz CT molecular complexity index is 1040. The van der Waals surface area contributed by atoms with Gasteiger partial charge in [-0.1, -0.05) is 37.3 Å². The van der Waals surface area contributed by atoms with E-state index < -0.39 is 0 Å². The maximum absolute atomic E-state index is 12.9. The number of H-pyrrole nitrogens is 1. The van der Waals surface area contributed by atoms with Crippen molar-refractivity contribution in [2.75, 3.05) is 34.0 Å². The zero-order valence-corrected chi connectivity index (χ0v) is 17.8.